The minimum atomic E-state index is -1.02. The van der Waals surface area contributed by atoms with Gasteiger partial charge in [0.25, 0.3) is 0 Å². The summed E-state index contributed by atoms with van der Waals surface area (Å²) < 4.78 is 5.60. The van der Waals surface area contributed by atoms with Gasteiger partial charge in [0.1, 0.15) is 5.58 Å². The van der Waals surface area contributed by atoms with E-state index in [1.165, 1.54) is 16.7 Å². The van der Waals surface area contributed by atoms with Gasteiger partial charge in [-0.1, -0.05) is 18.2 Å². The van der Waals surface area contributed by atoms with E-state index in [0.29, 0.717) is 10.8 Å². The molecule has 17 heavy (non-hydrogen) atoms. The number of rotatable bonds is 2. The highest BCUT2D eigenvalue weighted by atomic mass is 32.1. The normalized spacial score (nSPS) is 10.8. The number of benzene rings is 1. The summed E-state index contributed by atoms with van der Waals surface area (Å²) in [6, 6.07) is 9.48. The Hall–Kier alpha value is -2.14. The van der Waals surface area contributed by atoms with Gasteiger partial charge in [-0.15, -0.1) is 11.3 Å². The van der Waals surface area contributed by atoms with Crippen LogP contribution in [0.5, 0.6) is 0 Å². The van der Waals surface area contributed by atoms with E-state index in [1.807, 2.05) is 30.3 Å². The Bertz CT molecular complexity index is 665. The number of furan rings is 1. The Morgan fingerprint density at radius 2 is 2.18 bits per heavy atom. The Balaban J connectivity index is 2.10. The molecule has 3 aromatic rings. The fourth-order valence-electron chi connectivity index (χ4n) is 1.57. The van der Waals surface area contributed by atoms with E-state index in [1.54, 1.807) is 0 Å². The van der Waals surface area contributed by atoms with Gasteiger partial charge in [0, 0.05) is 10.8 Å². The molecule has 0 fully saturated rings. The van der Waals surface area contributed by atoms with Crippen molar-refractivity contribution in [2.75, 3.05) is 0 Å². The summed E-state index contributed by atoms with van der Waals surface area (Å²) in [5.74, 6) is -0.424. The van der Waals surface area contributed by atoms with Crippen LogP contribution < -0.4 is 0 Å². The van der Waals surface area contributed by atoms with Gasteiger partial charge in [-0.25, -0.2) is 9.78 Å². The molecule has 3 rings (SSSR count). The second-order valence-electron chi connectivity index (χ2n) is 3.49. The van der Waals surface area contributed by atoms with Crippen LogP contribution in [0.3, 0.4) is 0 Å². The topological polar surface area (TPSA) is 63.3 Å². The minimum Gasteiger partial charge on any atom is -0.476 e. The Labute approximate surface area is 100 Å². The molecule has 1 aromatic carbocycles. The molecule has 84 valence electrons. The molecule has 0 aliphatic rings. The molecule has 2 aromatic heterocycles. The lowest BCUT2D eigenvalue weighted by Gasteiger charge is -1.87. The van der Waals surface area contributed by atoms with Crippen molar-refractivity contribution >= 4 is 28.3 Å². The quantitative estimate of drug-likeness (QED) is 0.752. The van der Waals surface area contributed by atoms with Crippen LogP contribution in [0, 0.1) is 0 Å². The Morgan fingerprint density at radius 3 is 2.88 bits per heavy atom. The molecule has 0 saturated heterocycles. The van der Waals surface area contributed by atoms with Crippen molar-refractivity contribution in [1.82, 2.24) is 4.98 Å². The fourth-order valence-corrected chi connectivity index (χ4v) is 2.32. The predicted molar refractivity (Wildman–Crippen MR) is 64.3 cm³/mol. The first-order chi connectivity index (χ1) is 8.24. The van der Waals surface area contributed by atoms with Crippen molar-refractivity contribution in [3.05, 3.63) is 41.4 Å². The monoisotopic (exact) mass is 245 g/mol. The number of aromatic nitrogens is 1. The maximum atomic E-state index is 10.7. The second kappa shape index (κ2) is 3.71. The van der Waals surface area contributed by atoms with Gasteiger partial charge in [0.2, 0.25) is 0 Å². The largest absolute Gasteiger partial charge is 0.476 e. The number of nitrogens with zero attached hydrogens (tertiary/aromatic N) is 1. The first-order valence-electron chi connectivity index (χ1n) is 4.92. The molecule has 5 heteroatoms. The molecule has 4 nitrogen and oxygen atoms in total. The summed E-state index contributed by atoms with van der Waals surface area (Å²) in [6.45, 7) is 0. The van der Waals surface area contributed by atoms with E-state index >= 15 is 0 Å². The van der Waals surface area contributed by atoms with Gasteiger partial charge in [0.15, 0.2) is 16.5 Å². The smallest absolute Gasteiger partial charge is 0.355 e. The third kappa shape index (κ3) is 1.70. The molecule has 0 radical (unpaired) electrons. The van der Waals surface area contributed by atoms with Crippen LogP contribution in [0.1, 0.15) is 10.5 Å². The number of para-hydroxylation sites is 1. The Kier molecular flexibility index (Phi) is 2.19. The molecule has 0 bridgehead atoms. The third-order valence-corrected chi connectivity index (χ3v) is 3.22. The van der Waals surface area contributed by atoms with Crippen molar-refractivity contribution in [3.63, 3.8) is 0 Å². The van der Waals surface area contributed by atoms with Gasteiger partial charge < -0.3 is 9.52 Å². The number of carboxylic acids is 1. The first-order valence-corrected chi connectivity index (χ1v) is 5.80. The van der Waals surface area contributed by atoms with Gasteiger partial charge in [-0.05, 0) is 12.1 Å². The van der Waals surface area contributed by atoms with Crippen LogP contribution in [0.2, 0.25) is 0 Å². The van der Waals surface area contributed by atoms with Crippen LogP contribution >= 0.6 is 11.3 Å². The molecule has 0 aliphatic carbocycles. The number of carboxylic acid groups (broad SMARTS) is 1. The predicted octanol–water partition coefficient (Wildman–Crippen LogP) is 3.25. The highest BCUT2D eigenvalue weighted by molar-refractivity contribution is 7.13. The summed E-state index contributed by atoms with van der Waals surface area (Å²) >= 11 is 1.26. The van der Waals surface area contributed by atoms with Crippen LogP contribution in [0.25, 0.3) is 21.7 Å². The standard InChI is InChI=1S/C12H7NO3S/c14-12(15)8-6-17-11(13-8)10-5-7-3-1-2-4-9(7)16-10/h1-6H,(H,14,15). The summed E-state index contributed by atoms with van der Waals surface area (Å²) in [4.78, 5) is 14.7. The summed E-state index contributed by atoms with van der Waals surface area (Å²) in [5, 5.41) is 11.9. The van der Waals surface area contributed by atoms with E-state index < -0.39 is 5.97 Å². The van der Waals surface area contributed by atoms with Crippen LogP contribution in [0.4, 0.5) is 0 Å². The van der Waals surface area contributed by atoms with Crippen molar-refractivity contribution in [3.8, 4) is 10.8 Å². The maximum Gasteiger partial charge on any atom is 0.355 e. The number of hydrogen-bond donors (Lipinski definition) is 1. The third-order valence-electron chi connectivity index (χ3n) is 2.36. The lowest BCUT2D eigenvalue weighted by atomic mass is 10.2. The molecule has 0 atom stereocenters. The van der Waals surface area contributed by atoms with Crippen molar-refractivity contribution in [2.45, 2.75) is 0 Å². The Morgan fingerprint density at radius 1 is 1.35 bits per heavy atom. The zero-order valence-electron chi connectivity index (χ0n) is 8.58. The molecular weight excluding hydrogens is 238 g/mol. The van der Waals surface area contributed by atoms with E-state index in [2.05, 4.69) is 4.98 Å². The average molecular weight is 245 g/mol. The van der Waals surface area contributed by atoms with Crippen molar-refractivity contribution in [1.29, 1.82) is 0 Å². The van der Waals surface area contributed by atoms with Crippen LogP contribution in [-0.2, 0) is 0 Å². The number of carbonyl (C=O) groups is 1. The van der Waals surface area contributed by atoms with E-state index in [9.17, 15) is 4.79 Å². The van der Waals surface area contributed by atoms with E-state index in [4.69, 9.17) is 9.52 Å². The molecule has 0 saturated carbocycles. The summed E-state index contributed by atoms with van der Waals surface area (Å²) in [6.07, 6.45) is 0. The van der Waals surface area contributed by atoms with Gasteiger partial charge in [-0.3, -0.25) is 0 Å². The number of aromatic carboxylic acids is 1. The van der Waals surface area contributed by atoms with Crippen molar-refractivity contribution in [2.24, 2.45) is 0 Å². The highest BCUT2D eigenvalue weighted by Crippen LogP contribution is 2.29. The molecule has 1 N–H and O–H groups in total. The zero-order chi connectivity index (χ0) is 11.8. The SMILES string of the molecule is O=C(O)c1csc(-c2cc3ccccc3o2)n1. The second-order valence-corrected chi connectivity index (χ2v) is 4.35. The average Bonchev–Trinajstić information content (AvgIpc) is 2.95. The van der Waals surface area contributed by atoms with E-state index in [-0.39, 0.29) is 5.69 Å². The molecular formula is C12H7NO3S. The van der Waals surface area contributed by atoms with Gasteiger partial charge in [-0.2, -0.15) is 0 Å². The zero-order valence-corrected chi connectivity index (χ0v) is 9.40. The first kappa shape index (κ1) is 10.0. The molecule has 0 amide bonds. The van der Waals surface area contributed by atoms with E-state index in [0.717, 1.165) is 11.0 Å². The minimum absolute atomic E-state index is 0.0467. The number of hydrogen-bond acceptors (Lipinski definition) is 4. The molecule has 0 aliphatic heterocycles. The fraction of sp³-hybridized carbons (Fsp3) is 0. The van der Waals surface area contributed by atoms with Crippen molar-refractivity contribution < 1.29 is 14.3 Å². The highest BCUT2D eigenvalue weighted by Gasteiger charge is 2.13. The molecule has 2 heterocycles. The lowest BCUT2D eigenvalue weighted by Crippen LogP contribution is -1.95. The molecule has 0 unspecified atom stereocenters. The van der Waals surface area contributed by atoms with Crippen LogP contribution in [0.15, 0.2) is 40.1 Å². The number of fused-ring (bicyclic) bond motifs is 1. The summed E-state index contributed by atoms with van der Waals surface area (Å²) in [7, 11) is 0. The van der Waals surface area contributed by atoms with Gasteiger partial charge in [0.05, 0.1) is 0 Å². The molecule has 0 spiro atoms. The van der Waals surface area contributed by atoms with Gasteiger partial charge >= 0.3 is 5.97 Å². The number of thiazole rings is 1. The summed E-state index contributed by atoms with van der Waals surface area (Å²) in [5.41, 5.74) is 0.819. The van der Waals surface area contributed by atoms with Crippen LogP contribution in [-0.4, -0.2) is 16.1 Å². The maximum absolute atomic E-state index is 10.7. The lowest BCUT2D eigenvalue weighted by molar-refractivity contribution is 0.0691.